The first-order valence-electron chi connectivity index (χ1n) is 28.5. The van der Waals surface area contributed by atoms with E-state index in [4.69, 9.17) is 78.8 Å². The number of nitrogens with one attached hydrogen (secondary N) is 3. The zero-order chi connectivity index (χ0) is 71.2. The maximum Gasteiger partial charge on any atom is 1.00 e. The fourth-order valence-electron chi connectivity index (χ4n) is 9.34. The van der Waals surface area contributed by atoms with E-state index in [0.29, 0.717) is 33.8 Å². The van der Waals surface area contributed by atoms with E-state index < -0.39 is 96.8 Å². The third-order valence-electron chi connectivity index (χ3n) is 14.2. The average molecular weight is 1520 g/mol. The molecule has 7 aromatic rings. The predicted molar refractivity (Wildman–Crippen MR) is 332 cm³/mol. The van der Waals surface area contributed by atoms with Crippen LogP contribution in [-0.2, 0) is 66.3 Å². The number of aliphatic carboxylic acids is 1. The molecule has 0 radical (unpaired) electrons. The van der Waals surface area contributed by atoms with Gasteiger partial charge in [0.25, 0.3) is 36.1 Å². The SMILES string of the molecule is NC(=O)c1nn(CC(=O)N(CC(=O)NCc2cccc(Cl)c2F)C2CC(F)(F)C2)c2ccccc12.NC(=O)c1nn(CC(=O)O)c2ccccc12.NC1CC(F)(F)C1.O=C(CCl)CCc1cccc(Cl)c1F.O=C(CNC1CC(F)(F)C1)NCc1cccc(Cl)c1F.O=CO[O-].[H-].[K+].[K+]. The average Bonchev–Trinajstić information content (AvgIpc) is 0.995. The van der Waals surface area contributed by atoms with Crippen LogP contribution in [0.25, 0.3) is 21.8 Å². The first-order chi connectivity index (χ1) is 45.2. The summed E-state index contributed by atoms with van der Waals surface area (Å²) in [6.45, 7) is -1.64. The number of nitrogens with zero attached hydrogens (tertiary/aromatic N) is 5. The Labute approximate surface area is 659 Å². The van der Waals surface area contributed by atoms with Gasteiger partial charge in [-0.1, -0.05) is 108 Å². The number of Topliss-reactive ketones (excluding diaryl/α,β-unsaturated/α-hetero) is 1. The molecule has 520 valence electrons. The van der Waals surface area contributed by atoms with Crippen molar-refractivity contribution in [1.29, 1.82) is 0 Å². The molecule has 3 aliphatic carbocycles. The number of primary amides is 2. The number of rotatable bonds is 21. The number of fused-ring (bicyclic) bond motifs is 2. The van der Waals surface area contributed by atoms with Gasteiger partial charge in [0.2, 0.25) is 17.7 Å². The van der Waals surface area contributed by atoms with Gasteiger partial charge in [0.15, 0.2) is 11.4 Å². The molecule has 0 bridgehead atoms. The van der Waals surface area contributed by atoms with E-state index in [2.05, 4.69) is 31.0 Å². The third-order valence-corrected chi connectivity index (χ3v) is 15.3. The summed E-state index contributed by atoms with van der Waals surface area (Å²) in [6, 6.07) is 25.6. The van der Waals surface area contributed by atoms with Gasteiger partial charge >= 0.3 is 109 Å². The first-order valence-corrected chi connectivity index (χ1v) is 30.1. The summed E-state index contributed by atoms with van der Waals surface area (Å²) >= 11 is 22.3. The molecular formula is C61H62Cl4F9K2N11O11. The van der Waals surface area contributed by atoms with Crippen LogP contribution in [-0.4, -0.2) is 132 Å². The fourth-order valence-corrected chi connectivity index (χ4v) is 10.1. The summed E-state index contributed by atoms with van der Waals surface area (Å²) < 4.78 is 119. The summed E-state index contributed by atoms with van der Waals surface area (Å²) in [5.41, 5.74) is 17.6. The minimum absolute atomic E-state index is 0. The minimum Gasteiger partial charge on any atom is -1.00 e. The molecule has 3 aliphatic rings. The quantitative estimate of drug-likeness (QED) is 0.0135. The van der Waals surface area contributed by atoms with Crippen LogP contribution in [0.5, 0.6) is 0 Å². The molecule has 10 rings (SSSR count). The summed E-state index contributed by atoms with van der Waals surface area (Å²) in [6.07, 6.45) is -1.30. The number of benzene rings is 5. The Morgan fingerprint density at radius 2 is 1.05 bits per heavy atom. The molecule has 0 unspecified atom stereocenters. The standard InChI is InChI=1S/C23H21ClF3N5O3.C13H14ClF3N2O.C10H9Cl2FO.C10H9N3O3.C4H7F2N.CH2O3.2K.H/c24-16-6-3-4-13(20(16)25)10-29-18(33)11-31(14-8-23(26,27)9-14)19(34)12-32-17-7-2-1-5-15(17)21(30-32)22(28)35;14-10-3-1-2-8(12(10)15)6-19-11(20)7-18-9-4-13(16,17)5-9;11-6-8(14)5-4-7-2-1-3-9(12)10(7)13;11-10(16)9-6-3-1-2-4-7(6)13(12-9)5-8(14)15;5-4(6)1-3(7)2-4;2-1-4-3;;;/h1-7,14H,8-12H2,(H2,28,35)(H,29,33);1-3,9,18H,4-7H2,(H,19,20);1-3H,4-6H2;1-4H,5H2,(H2,11,16)(H,14,15);3H,1-2,7H2;1,3H;;;/q;;;;;;2*+1;-1/p-1. The molecule has 2 aromatic heterocycles. The van der Waals surface area contributed by atoms with Gasteiger partial charge < -0.3 is 54.7 Å². The number of para-hydroxylation sites is 2. The molecule has 22 nitrogen and oxygen atoms in total. The van der Waals surface area contributed by atoms with Gasteiger partial charge in [-0.25, -0.2) is 39.5 Å². The van der Waals surface area contributed by atoms with Crippen molar-refractivity contribution >= 4 is 116 Å². The van der Waals surface area contributed by atoms with Crippen LogP contribution in [0.3, 0.4) is 0 Å². The van der Waals surface area contributed by atoms with Crippen molar-refractivity contribution in [1.82, 2.24) is 40.4 Å². The van der Waals surface area contributed by atoms with Gasteiger partial charge in [0.1, 0.15) is 36.3 Å². The summed E-state index contributed by atoms with van der Waals surface area (Å²) in [5.74, 6) is -13.9. The number of aromatic nitrogens is 4. The van der Waals surface area contributed by atoms with E-state index >= 15 is 0 Å². The Hall–Kier alpha value is -5.32. The van der Waals surface area contributed by atoms with Gasteiger partial charge in [-0.15, -0.1) is 11.6 Å². The smallest absolute Gasteiger partial charge is 1.00 e. The van der Waals surface area contributed by atoms with Crippen molar-refractivity contribution in [3.8, 4) is 0 Å². The molecule has 5 aromatic carbocycles. The van der Waals surface area contributed by atoms with Crippen LogP contribution in [0.1, 0.15) is 84.0 Å². The Kier molecular flexibility index (Phi) is 36.3. The number of carboxylic acids is 1. The monoisotopic (exact) mass is 1510 g/mol. The van der Waals surface area contributed by atoms with Crippen LogP contribution in [0.2, 0.25) is 15.1 Å². The zero-order valence-corrected chi connectivity index (χ0v) is 61.4. The second-order valence-corrected chi connectivity index (χ2v) is 23.0. The van der Waals surface area contributed by atoms with Crippen molar-refractivity contribution in [3.05, 3.63) is 164 Å². The van der Waals surface area contributed by atoms with E-state index in [-0.39, 0.29) is 236 Å². The molecule has 2 heterocycles. The second-order valence-electron chi connectivity index (χ2n) is 21.5. The van der Waals surface area contributed by atoms with Crippen LogP contribution in [0.4, 0.5) is 39.5 Å². The van der Waals surface area contributed by atoms with Crippen molar-refractivity contribution in [2.75, 3.05) is 19.0 Å². The number of carbonyl (C=O) groups is 8. The van der Waals surface area contributed by atoms with Crippen molar-refractivity contribution in [2.24, 2.45) is 17.2 Å². The molecule has 5 amide bonds. The van der Waals surface area contributed by atoms with Gasteiger partial charge in [0.05, 0.1) is 45.1 Å². The number of alkyl halides is 7. The van der Waals surface area contributed by atoms with Gasteiger partial charge in [-0.2, -0.15) is 10.2 Å². The van der Waals surface area contributed by atoms with Crippen LogP contribution >= 0.6 is 46.4 Å². The summed E-state index contributed by atoms with van der Waals surface area (Å²) in [5, 5.41) is 33.8. The molecule has 3 saturated carbocycles. The largest absolute Gasteiger partial charge is 1.00 e. The molecule has 37 heteroatoms. The van der Waals surface area contributed by atoms with Crippen LogP contribution in [0, 0.1) is 17.5 Å². The first kappa shape index (κ1) is 86.9. The predicted octanol–water partition coefficient (Wildman–Crippen LogP) is 2.09. The number of aryl methyl sites for hydroxylation is 1. The Morgan fingerprint density at radius 3 is 1.44 bits per heavy atom. The number of hydrogen-bond donors (Lipinski definition) is 7. The molecule has 0 saturated heterocycles. The zero-order valence-electron chi connectivity index (χ0n) is 53.1. The van der Waals surface area contributed by atoms with E-state index in [1.165, 1.54) is 45.8 Å². The molecule has 0 atom stereocenters. The number of nitrogens with two attached hydrogens (primary N) is 3. The third kappa shape index (κ3) is 27.2. The molecule has 98 heavy (non-hydrogen) atoms. The Bertz CT molecular complexity index is 3910. The minimum atomic E-state index is -2.93. The van der Waals surface area contributed by atoms with Crippen LogP contribution in [0.15, 0.2) is 103 Å². The number of halogens is 13. The van der Waals surface area contributed by atoms with Crippen molar-refractivity contribution < 1.29 is 197 Å². The number of amides is 5. The normalized spacial score (nSPS) is 14.4. The van der Waals surface area contributed by atoms with Gasteiger partial charge in [-0.05, 0) is 42.3 Å². The summed E-state index contributed by atoms with van der Waals surface area (Å²) in [4.78, 5) is 93.9. The number of hydrogen-bond acceptors (Lipinski definition) is 14. The maximum absolute atomic E-state index is 14.1. The van der Waals surface area contributed by atoms with Crippen LogP contribution < -0.4 is 141 Å². The Morgan fingerprint density at radius 1 is 0.643 bits per heavy atom. The molecule has 0 aliphatic heterocycles. The fraction of sp³-hybridized carbons (Fsp3) is 0.344. The Balaban J connectivity index is 0.000000446. The molecule has 10 N–H and O–H groups in total. The van der Waals surface area contributed by atoms with E-state index in [0.717, 1.165) is 4.90 Å². The number of ketones is 1. The van der Waals surface area contributed by atoms with E-state index in [1.54, 1.807) is 66.7 Å². The maximum atomic E-state index is 14.1. The molecular weight excluding hydrogens is 1450 g/mol. The summed E-state index contributed by atoms with van der Waals surface area (Å²) in [7, 11) is 0. The van der Waals surface area contributed by atoms with Gasteiger partial charge in [0, 0.05) is 98.1 Å². The van der Waals surface area contributed by atoms with Crippen molar-refractivity contribution in [2.45, 2.75) is 113 Å². The van der Waals surface area contributed by atoms with E-state index in [9.17, 15) is 73.1 Å². The van der Waals surface area contributed by atoms with Crippen molar-refractivity contribution in [3.63, 3.8) is 0 Å². The van der Waals surface area contributed by atoms with E-state index in [1.807, 2.05) is 0 Å². The topological polar surface area (TPSA) is 342 Å². The number of carboxylic acid groups (broad SMARTS) is 1. The molecule has 0 spiro atoms. The van der Waals surface area contributed by atoms with Gasteiger partial charge in [-0.3, -0.25) is 47.7 Å². The molecule has 3 fully saturated rings. The second kappa shape index (κ2) is 41.0. The number of carbonyl (C=O) groups excluding carboxylic acids is 7.